The van der Waals surface area contributed by atoms with Gasteiger partial charge in [0.25, 0.3) is 0 Å². The number of nitrogens with two attached hydrogens (primary N) is 1. The van der Waals surface area contributed by atoms with Crippen molar-refractivity contribution < 1.29 is 4.74 Å². The van der Waals surface area contributed by atoms with Crippen molar-refractivity contribution in [1.29, 1.82) is 0 Å². The lowest BCUT2D eigenvalue weighted by Gasteiger charge is -2.05. The molecule has 2 N–H and O–H groups in total. The normalized spacial score (nSPS) is 10.9. The van der Waals surface area contributed by atoms with Gasteiger partial charge in [-0.25, -0.2) is 9.50 Å². The summed E-state index contributed by atoms with van der Waals surface area (Å²) in [6, 6.07) is 13.5. The van der Waals surface area contributed by atoms with Crippen LogP contribution in [-0.4, -0.2) is 26.7 Å². The maximum atomic E-state index is 6.09. The van der Waals surface area contributed by atoms with E-state index in [1.165, 1.54) is 0 Å². The summed E-state index contributed by atoms with van der Waals surface area (Å²) in [4.78, 5) is 8.90. The molecule has 4 rings (SSSR count). The van der Waals surface area contributed by atoms with Crippen molar-refractivity contribution in [2.45, 2.75) is 0 Å². The van der Waals surface area contributed by atoms with Crippen LogP contribution in [0.3, 0.4) is 0 Å². The Morgan fingerprint density at radius 1 is 1.04 bits per heavy atom. The van der Waals surface area contributed by atoms with E-state index in [0.717, 1.165) is 28.1 Å². The van der Waals surface area contributed by atoms with Gasteiger partial charge in [0, 0.05) is 24.2 Å². The van der Waals surface area contributed by atoms with Gasteiger partial charge in [-0.05, 0) is 29.8 Å². The quantitative estimate of drug-likeness (QED) is 0.628. The van der Waals surface area contributed by atoms with E-state index in [1.54, 1.807) is 24.0 Å². The standard InChI is InChI=1S/C18H15N5O/c1-24-14-6-4-5-12(9-14)13-10-21-18-16(15-7-2-3-8-20-15)17(19)22-23(18)11-13/h2-11H,1H3,(H2,19,22). The lowest BCUT2D eigenvalue weighted by molar-refractivity contribution is 0.415. The number of methoxy groups -OCH3 is 1. The molecule has 0 aliphatic rings. The van der Waals surface area contributed by atoms with Gasteiger partial charge in [-0.3, -0.25) is 4.98 Å². The van der Waals surface area contributed by atoms with Crippen molar-refractivity contribution in [2.75, 3.05) is 12.8 Å². The molecule has 1 aromatic carbocycles. The van der Waals surface area contributed by atoms with Gasteiger partial charge in [0.2, 0.25) is 0 Å². The predicted octanol–water partition coefficient (Wildman–Crippen LogP) is 3.05. The topological polar surface area (TPSA) is 78.3 Å². The second-order valence-corrected chi connectivity index (χ2v) is 5.32. The maximum absolute atomic E-state index is 6.09. The summed E-state index contributed by atoms with van der Waals surface area (Å²) in [5.74, 6) is 1.20. The molecule has 0 atom stereocenters. The van der Waals surface area contributed by atoms with Crippen LogP contribution in [0, 0.1) is 0 Å². The smallest absolute Gasteiger partial charge is 0.166 e. The molecule has 4 aromatic rings. The van der Waals surface area contributed by atoms with Crippen LogP contribution < -0.4 is 10.5 Å². The Morgan fingerprint density at radius 3 is 2.75 bits per heavy atom. The van der Waals surface area contributed by atoms with Crippen LogP contribution in [0.2, 0.25) is 0 Å². The molecule has 0 radical (unpaired) electrons. The van der Waals surface area contributed by atoms with Crippen LogP contribution in [0.5, 0.6) is 5.75 Å². The molecule has 0 unspecified atom stereocenters. The molecule has 24 heavy (non-hydrogen) atoms. The summed E-state index contributed by atoms with van der Waals surface area (Å²) in [5, 5.41) is 4.38. The molecule has 0 amide bonds. The van der Waals surface area contributed by atoms with Crippen molar-refractivity contribution in [2.24, 2.45) is 0 Å². The van der Waals surface area contributed by atoms with Crippen LogP contribution in [0.4, 0.5) is 5.82 Å². The number of nitrogen functional groups attached to an aromatic ring is 1. The second-order valence-electron chi connectivity index (χ2n) is 5.32. The largest absolute Gasteiger partial charge is 0.497 e. The van der Waals surface area contributed by atoms with Crippen LogP contribution >= 0.6 is 0 Å². The summed E-state index contributed by atoms with van der Waals surface area (Å²) in [5.41, 5.74) is 10.2. The first kappa shape index (κ1) is 14.2. The highest BCUT2D eigenvalue weighted by Gasteiger charge is 2.15. The Bertz CT molecular complexity index is 1010. The van der Waals surface area contributed by atoms with Crippen molar-refractivity contribution in [3.8, 4) is 28.1 Å². The maximum Gasteiger partial charge on any atom is 0.166 e. The highest BCUT2D eigenvalue weighted by molar-refractivity contribution is 5.84. The third-order valence-corrected chi connectivity index (χ3v) is 3.82. The number of nitrogens with zero attached hydrogens (tertiary/aromatic N) is 4. The lowest BCUT2D eigenvalue weighted by atomic mass is 10.1. The molecule has 6 nitrogen and oxygen atoms in total. The molecule has 3 aromatic heterocycles. The first-order valence-electron chi connectivity index (χ1n) is 7.46. The van der Waals surface area contributed by atoms with Gasteiger partial charge in [0.15, 0.2) is 11.5 Å². The number of fused-ring (bicyclic) bond motifs is 1. The molecule has 0 saturated heterocycles. The molecule has 0 bridgehead atoms. The van der Waals surface area contributed by atoms with Gasteiger partial charge < -0.3 is 10.5 Å². The number of rotatable bonds is 3. The average molecular weight is 317 g/mol. The minimum atomic E-state index is 0.406. The molecular formula is C18H15N5O. The van der Waals surface area contributed by atoms with Crippen molar-refractivity contribution >= 4 is 11.5 Å². The first-order valence-corrected chi connectivity index (χ1v) is 7.46. The van der Waals surface area contributed by atoms with Crippen LogP contribution in [-0.2, 0) is 0 Å². The highest BCUT2D eigenvalue weighted by Crippen LogP contribution is 2.29. The number of pyridine rings is 1. The Labute approximate surface area is 138 Å². The minimum absolute atomic E-state index is 0.406. The van der Waals surface area contributed by atoms with Gasteiger partial charge in [-0.1, -0.05) is 18.2 Å². The van der Waals surface area contributed by atoms with E-state index < -0.39 is 0 Å². The third-order valence-electron chi connectivity index (χ3n) is 3.82. The predicted molar refractivity (Wildman–Crippen MR) is 92.6 cm³/mol. The van der Waals surface area contributed by atoms with E-state index in [9.17, 15) is 0 Å². The highest BCUT2D eigenvalue weighted by atomic mass is 16.5. The number of anilines is 1. The number of aromatic nitrogens is 4. The van der Waals surface area contributed by atoms with Crippen LogP contribution in [0.1, 0.15) is 0 Å². The molecule has 118 valence electrons. The van der Waals surface area contributed by atoms with Crippen LogP contribution in [0.25, 0.3) is 28.0 Å². The molecule has 6 heteroatoms. The molecule has 3 heterocycles. The number of hydrogen-bond donors (Lipinski definition) is 1. The number of ether oxygens (including phenoxy) is 1. The van der Waals surface area contributed by atoms with Gasteiger partial charge in [-0.2, -0.15) is 0 Å². The molecule has 0 fully saturated rings. The van der Waals surface area contributed by atoms with Gasteiger partial charge in [0.05, 0.1) is 18.4 Å². The zero-order chi connectivity index (χ0) is 16.5. The summed E-state index contributed by atoms with van der Waals surface area (Å²) in [7, 11) is 1.65. The van der Waals surface area contributed by atoms with Gasteiger partial charge >= 0.3 is 0 Å². The summed E-state index contributed by atoms with van der Waals surface area (Å²) < 4.78 is 6.96. The van der Waals surface area contributed by atoms with Crippen molar-refractivity contribution in [3.05, 3.63) is 61.1 Å². The van der Waals surface area contributed by atoms with Gasteiger partial charge in [-0.15, -0.1) is 5.10 Å². The molecular weight excluding hydrogens is 302 g/mol. The fourth-order valence-electron chi connectivity index (χ4n) is 2.66. The summed E-state index contributed by atoms with van der Waals surface area (Å²) in [6.07, 6.45) is 5.43. The van der Waals surface area contributed by atoms with E-state index in [1.807, 2.05) is 48.7 Å². The monoisotopic (exact) mass is 317 g/mol. The Hall–Kier alpha value is -3.41. The SMILES string of the molecule is COc1cccc(-c2cnc3c(-c4ccccn4)c(N)nn3c2)c1. The number of benzene rings is 1. The Morgan fingerprint density at radius 2 is 1.96 bits per heavy atom. The van der Waals surface area contributed by atoms with Crippen molar-refractivity contribution in [1.82, 2.24) is 19.6 Å². The van der Waals surface area contributed by atoms with E-state index in [2.05, 4.69) is 15.1 Å². The first-order chi connectivity index (χ1) is 11.8. The molecule has 0 spiro atoms. The van der Waals surface area contributed by atoms with Crippen LogP contribution in [0.15, 0.2) is 61.1 Å². The molecule has 0 saturated carbocycles. The van der Waals surface area contributed by atoms with E-state index in [4.69, 9.17) is 10.5 Å². The zero-order valence-corrected chi connectivity index (χ0v) is 13.0. The van der Waals surface area contributed by atoms with Crippen molar-refractivity contribution in [3.63, 3.8) is 0 Å². The molecule has 0 aliphatic carbocycles. The fourth-order valence-corrected chi connectivity index (χ4v) is 2.66. The summed E-state index contributed by atoms with van der Waals surface area (Å²) >= 11 is 0. The van der Waals surface area contributed by atoms with E-state index in [0.29, 0.717) is 11.5 Å². The second kappa shape index (κ2) is 5.66. The van der Waals surface area contributed by atoms with E-state index >= 15 is 0 Å². The summed E-state index contributed by atoms with van der Waals surface area (Å²) in [6.45, 7) is 0. The zero-order valence-electron chi connectivity index (χ0n) is 13.0. The van der Waals surface area contributed by atoms with Gasteiger partial charge in [0.1, 0.15) is 5.75 Å². The average Bonchev–Trinajstić information content (AvgIpc) is 2.97. The molecule has 0 aliphatic heterocycles. The van der Waals surface area contributed by atoms with E-state index in [-0.39, 0.29) is 0 Å². The Kier molecular flexibility index (Phi) is 3.35. The minimum Gasteiger partial charge on any atom is -0.497 e. The third kappa shape index (κ3) is 2.34. The number of hydrogen-bond acceptors (Lipinski definition) is 5. The fraction of sp³-hybridized carbons (Fsp3) is 0.0556. The lowest BCUT2D eigenvalue weighted by Crippen LogP contribution is -1.93. The Balaban J connectivity index is 1.86.